The minimum atomic E-state index is -2.70. The van der Waals surface area contributed by atoms with Crippen LogP contribution in [0.1, 0.15) is 26.7 Å². The summed E-state index contributed by atoms with van der Waals surface area (Å²) in [6, 6.07) is 9.85. The summed E-state index contributed by atoms with van der Waals surface area (Å²) >= 11 is 6.52. The van der Waals surface area contributed by atoms with E-state index < -0.39 is 7.87 Å². The fraction of sp³-hybridized carbons (Fsp3) is 0.500. The monoisotopic (exact) mass is 258 g/mol. The molecule has 0 saturated heterocycles. The summed E-state index contributed by atoms with van der Waals surface area (Å²) in [7, 11) is -2.70. The highest BCUT2D eigenvalue weighted by Gasteiger charge is 2.38. The Balaban J connectivity index is 2.77. The van der Waals surface area contributed by atoms with Crippen molar-refractivity contribution < 1.29 is 8.85 Å². The van der Waals surface area contributed by atoms with Gasteiger partial charge in [0.25, 0.3) is 0 Å². The van der Waals surface area contributed by atoms with Crippen LogP contribution in [0.15, 0.2) is 30.3 Å². The molecule has 1 rings (SSSR count). The van der Waals surface area contributed by atoms with E-state index in [1.807, 2.05) is 30.3 Å². The maximum Gasteiger partial charge on any atom is 0.478 e. The molecule has 0 saturated carbocycles. The topological polar surface area (TPSA) is 18.5 Å². The van der Waals surface area contributed by atoms with E-state index in [1.165, 1.54) is 0 Å². The minimum Gasteiger partial charge on any atom is -0.380 e. The van der Waals surface area contributed by atoms with E-state index in [1.54, 1.807) is 0 Å². The lowest BCUT2D eigenvalue weighted by atomic mass is 10.4. The molecule has 2 nitrogen and oxygen atoms in total. The standard InChI is InChI=1S/C12H19ClO2Si/c1-3-10-14-16(13,15-11-4-2)12-8-6-5-7-9-12/h5-9H,3-4,10-11H2,1-2H3. The van der Waals surface area contributed by atoms with E-state index in [9.17, 15) is 0 Å². The van der Waals surface area contributed by atoms with E-state index in [0.717, 1.165) is 18.0 Å². The van der Waals surface area contributed by atoms with Gasteiger partial charge in [-0.15, -0.1) is 0 Å². The van der Waals surface area contributed by atoms with Crippen LogP contribution in [-0.4, -0.2) is 21.1 Å². The molecular formula is C12H19ClO2Si. The highest BCUT2D eigenvalue weighted by Crippen LogP contribution is 2.14. The Morgan fingerprint density at radius 1 is 1.00 bits per heavy atom. The fourth-order valence-electron chi connectivity index (χ4n) is 1.31. The average Bonchev–Trinajstić information content (AvgIpc) is 2.35. The normalized spacial score (nSPS) is 11.7. The minimum absolute atomic E-state index is 0.647. The molecule has 0 N–H and O–H groups in total. The largest absolute Gasteiger partial charge is 0.478 e. The molecule has 0 bridgehead atoms. The lowest BCUT2D eigenvalue weighted by Crippen LogP contribution is -2.49. The molecule has 0 aliphatic rings. The molecule has 0 radical (unpaired) electrons. The first-order valence-electron chi connectivity index (χ1n) is 5.75. The molecule has 0 heterocycles. The zero-order chi connectivity index (χ0) is 11.9. The Kier molecular flexibility index (Phi) is 6.06. The summed E-state index contributed by atoms with van der Waals surface area (Å²) in [6.07, 6.45) is 1.90. The Hall–Kier alpha value is -0.353. The van der Waals surface area contributed by atoms with Gasteiger partial charge in [0.15, 0.2) is 0 Å². The van der Waals surface area contributed by atoms with Crippen LogP contribution in [0.2, 0.25) is 0 Å². The highest BCUT2D eigenvalue weighted by molar-refractivity contribution is 7.20. The smallest absolute Gasteiger partial charge is 0.380 e. The van der Waals surface area contributed by atoms with Gasteiger partial charge in [-0.1, -0.05) is 55.3 Å². The molecule has 0 fully saturated rings. The summed E-state index contributed by atoms with van der Waals surface area (Å²) < 4.78 is 11.5. The van der Waals surface area contributed by atoms with Crippen molar-refractivity contribution >= 4 is 24.1 Å². The predicted molar refractivity (Wildman–Crippen MR) is 70.2 cm³/mol. The van der Waals surface area contributed by atoms with Crippen molar-refractivity contribution in [3.63, 3.8) is 0 Å². The second-order valence-corrected chi connectivity index (χ2v) is 7.32. The zero-order valence-corrected chi connectivity index (χ0v) is 11.7. The summed E-state index contributed by atoms with van der Waals surface area (Å²) in [5.74, 6) is 0. The summed E-state index contributed by atoms with van der Waals surface area (Å²) in [6.45, 7) is 5.43. The van der Waals surface area contributed by atoms with Gasteiger partial charge in [0.2, 0.25) is 0 Å². The van der Waals surface area contributed by atoms with Crippen molar-refractivity contribution in [1.29, 1.82) is 0 Å². The summed E-state index contributed by atoms with van der Waals surface area (Å²) in [5, 5.41) is 0.985. The second kappa shape index (κ2) is 7.07. The van der Waals surface area contributed by atoms with Gasteiger partial charge >= 0.3 is 7.87 Å². The molecule has 0 unspecified atom stereocenters. The van der Waals surface area contributed by atoms with Crippen LogP contribution in [0, 0.1) is 0 Å². The first-order chi connectivity index (χ1) is 7.73. The van der Waals surface area contributed by atoms with E-state index in [2.05, 4.69) is 13.8 Å². The summed E-state index contributed by atoms with van der Waals surface area (Å²) in [5.41, 5.74) is 0. The van der Waals surface area contributed by atoms with Crippen molar-refractivity contribution in [2.45, 2.75) is 26.7 Å². The maximum atomic E-state index is 6.52. The summed E-state index contributed by atoms with van der Waals surface area (Å²) in [4.78, 5) is 0. The third-order valence-electron chi connectivity index (χ3n) is 2.10. The van der Waals surface area contributed by atoms with Crippen LogP contribution in [0.25, 0.3) is 0 Å². The number of halogens is 1. The van der Waals surface area contributed by atoms with Crippen molar-refractivity contribution in [2.24, 2.45) is 0 Å². The number of rotatable bonds is 7. The Labute approximate surface area is 103 Å². The molecule has 90 valence electrons. The maximum absolute atomic E-state index is 6.52. The van der Waals surface area contributed by atoms with Gasteiger partial charge in [-0.05, 0) is 12.8 Å². The molecule has 0 amide bonds. The molecule has 1 aromatic carbocycles. The molecule has 0 spiro atoms. The molecule has 0 atom stereocenters. The van der Waals surface area contributed by atoms with Crippen LogP contribution < -0.4 is 5.19 Å². The quantitative estimate of drug-likeness (QED) is 0.553. The van der Waals surface area contributed by atoms with Gasteiger partial charge in [0, 0.05) is 18.4 Å². The predicted octanol–water partition coefficient (Wildman–Crippen LogP) is 2.92. The lowest BCUT2D eigenvalue weighted by Gasteiger charge is -2.24. The lowest BCUT2D eigenvalue weighted by molar-refractivity contribution is 0.198. The number of hydrogen-bond donors (Lipinski definition) is 0. The van der Waals surface area contributed by atoms with Gasteiger partial charge in [-0.2, -0.15) is 0 Å². The highest BCUT2D eigenvalue weighted by atomic mass is 35.6. The molecule has 4 heteroatoms. The van der Waals surface area contributed by atoms with Gasteiger partial charge in [-0.25, -0.2) is 0 Å². The third kappa shape index (κ3) is 3.90. The third-order valence-corrected chi connectivity index (χ3v) is 5.59. The molecule has 16 heavy (non-hydrogen) atoms. The van der Waals surface area contributed by atoms with Gasteiger partial charge in [0.1, 0.15) is 0 Å². The number of hydrogen-bond acceptors (Lipinski definition) is 2. The van der Waals surface area contributed by atoms with Crippen molar-refractivity contribution in [3.8, 4) is 0 Å². The SMILES string of the molecule is CCCO[Si](Cl)(OCCC)c1ccccc1. The van der Waals surface area contributed by atoms with Crippen LogP contribution in [0.5, 0.6) is 0 Å². The zero-order valence-electron chi connectivity index (χ0n) is 9.91. The first kappa shape index (κ1) is 13.7. The van der Waals surface area contributed by atoms with E-state index >= 15 is 0 Å². The molecule has 0 aromatic heterocycles. The molecular weight excluding hydrogens is 240 g/mol. The van der Waals surface area contributed by atoms with E-state index in [0.29, 0.717) is 13.2 Å². The van der Waals surface area contributed by atoms with Crippen LogP contribution in [0.3, 0.4) is 0 Å². The van der Waals surface area contributed by atoms with E-state index in [4.69, 9.17) is 19.9 Å². The Bertz CT molecular complexity index is 284. The average molecular weight is 259 g/mol. The van der Waals surface area contributed by atoms with Gasteiger partial charge < -0.3 is 8.85 Å². The first-order valence-corrected chi connectivity index (χ1v) is 8.58. The second-order valence-electron chi connectivity index (χ2n) is 3.60. The van der Waals surface area contributed by atoms with E-state index in [-0.39, 0.29) is 0 Å². The molecule has 0 aliphatic heterocycles. The van der Waals surface area contributed by atoms with Gasteiger partial charge in [0.05, 0.1) is 0 Å². The molecule has 0 aliphatic carbocycles. The van der Waals surface area contributed by atoms with Crippen molar-refractivity contribution in [3.05, 3.63) is 30.3 Å². The van der Waals surface area contributed by atoms with Crippen LogP contribution in [-0.2, 0) is 8.85 Å². The van der Waals surface area contributed by atoms with Gasteiger partial charge in [-0.3, -0.25) is 0 Å². The van der Waals surface area contributed by atoms with Crippen LogP contribution in [0.4, 0.5) is 0 Å². The van der Waals surface area contributed by atoms with Crippen molar-refractivity contribution in [2.75, 3.05) is 13.2 Å². The fourth-order valence-corrected chi connectivity index (χ4v) is 4.09. The van der Waals surface area contributed by atoms with Crippen LogP contribution >= 0.6 is 11.1 Å². The Morgan fingerprint density at radius 2 is 1.50 bits per heavy atom. The number of benzene rings is 1. The van der Waals surface area contributed by atoms with Crippen molar-refractivity contribution in [1.82, 2.24) is 0 Å². The Morgan fingerprint density at radius 3 is 1.94 bits per heavy atom. The molecule has 1 aromatic rings.